The van der Waals surface area contributed by atoms with E-state index in [0.717, 1.165) is 32.8 Å². The third kappa shape index (κ3) is 6.08. The molecule has 0 spiro atoms. The summed E-state index contributed by atoms with van der Waals surface area (Å²) in [6, 6.07) is 9.33. The number of rotatable bonds is 9. The second kappa shape index (κ2) is 8.94. The second-order valence-corrected chi connectivity index (χ2v) is 4.98. The monoisotopic (exact) mass is 264 g/mol. The van der Waals surface area contributed by atoms with Gasteiger partial charge in [-0.05, 0) is 31.5 Å². The molecule has 19 heavy (non-hydrogen) atoms. The zero-order chi connectivity index (χ0) is 14.1. The van der Waals surface area contributed by atoms with E-state index in [1.54, 1.807) is 0 Å². The maximum atomic E-state index is 5.42. The summed E-state index contributed by atoms with van der Waals surface area (Å²) in [5.74, 6) is 0. The van der Waals surface area contributed by atoms with Crippen molar-refractivity contribution in [2.75, 3.05) is 31.2 Å². The van der Waals surface area contributed by atoms with Crippen LogP contribution >= 0.6 is 0 Å². The number of benzene rings is 1. The number of likely N-dealkylation sites (N-methyl/N-ethyl adjacent to an activating group) is 1. The average Bonchev–Trinajstić information content (AvgIpc) is 2.42. The molecule has 0 saturated heterocycles. The lowest BCUT2D eigenvalue weighted by molar-refractivity contribution is 0.154. The predicted molar refractivity (Wildman–Crippen MR) is 82.8 cm³/mol. The summed E-state index contributed by atoms with van der Waals surface area (Å²) >= 11 is 0. The summed E-state index contributed by atoms with van der Waals surface area (Å²) in [6.07, 6.45) is 0. The molecule has 1 aromatic rings. The first-order valence-electron chi connectivity index (χ1n) is 7.32. The number of ether oxygens (including phenoxy) is 1. The summed E-state index contributed by atoms with van der Waals surface area (Å²) in [6.45, 7) is 13.0. The highest BCUT2D eigenvalue weighted by molar-refractivity contribution is 5.47. The molecule has 0 atom stereocenters. The van der Waals surface area contributed by atoms with Crippen LogP contribution in [0.2, 0.25) is 0 Å². The van der Waals surface area contributed by atoms with Crippen molar-refractivity contribution in [2.24, 2.45) is 0 Å². The van der Waals surface area contributed by atoms with Crippen LogP contribution in [0.25, 0.3) is 0 Å². The van der Waals surface area contributed by atoms with E-state index in [2.05, 4.69) is 55.3 Å². The Morgan fingerprint density at radius 2 is 1.84 bits per heavy atom. The second-order valence-electron chi connectivity index (χ2n) is 4.98. The summed E-state index contributed by atoms with van der Waals surface area (Å²) in [5.41, 5.74) is 2.61. The fourth-order valence-electron chi connectivity index (χ4n) is 1.94. The van der Waals surface area contributed by atoms with Crippen LogP contribution in [0.3, 0.4) is 0 Å². The van der Waals surface area contributed by atoms with Crippen LogP contribution < -0.4 is 10.2 Å². The number of anilines is 1. The smallest absolute Gasteiger partial charge is 0.0641 e. The van der Waals surface area contributed by atoms with Gasteiger partial charge in [-0.15, -0.1) is 0 Å². The Hall–Kier alpha value is -1.06. The molecule has 0 unspecified atom stereocenters. The molecule has 0 radical (unpaired) electrons. The van der Waals surface area contributed by atoms with Crippen LogP contribution in [-0.4, -0.2) is 32.3 Å². The molecule has 0 bridgehead atoms. The average molecular weight is 264 g/mol. The van der Waals surface area contributed by atoms with Crippen molar-refractivity contribution in [3.05, 3.63) is 29.8 Å². The first-order chi connectivity index (χ1) is 9.17. The molecule has 0 amide bonds. The van der Waals surface area contributed by atoms with Gasteiger partial charge in [0.25, 0.3) is 0 Å². The van der Waals surface area contributed by atoms with Gasteiger partial charge in [0.1, 0.15) is 0 Å². The van der Waals surface area contributed by atoms with E-state index in [0.29, 0.717) is 6.04 Å². The van der Waals surface area contributed by atoms with Crippen molar-refractivity contribution in [3.63, 3.8) is 0 Å². The zero-order valence-electron chi connectivity index (χ0n) is 12.8. The van der Waals surface area contributed by atoms with Crippen molar-refractivity contribution < 1.29 is 4.74 Å². The Morgan fingerprint density at radius 3 is 2.37 bits per heavy atom. The fourth-order valence-corrected chi connectivity index (χ4v) is 1.94. The van der Waals surface area contributed by atoms with Crippen LogP contribution in [0.1, 0.15) is 33.3 Å². The number of nitrogens with zero attached hydrogens (tertiary/aromatic N) is 1. The SMILES string of the molecule is CCOCCN(CC)c1ccc(CNC(C)C)cc1. The minimum atomic E-state index is 0.526. The number of hydrogen-bond acceptors (Lipinski definition) is 3. The molecule has 0 saturated carbocycles. The first-order valence-corrected chi connectivity index (χ1v) is 7.32. The molecule has 0 aliphatic rings. The minimum absolute atomic E-state index is 0.526. The largest absolute Gasteiger partial charge is 0.380 e. The van der Waals surface area contributed by atoms with Crippen molar-refractivity contribution in [1.82, 2.24) is 5.32 Å². The van der Waals surface area contributed by atoms with Crippen molar-refractivity contribution in [2.45, 2.75) is 40.3 Å². The molecule has 0 aliphatic carbocycles. The maximum absolute atomic E-state index is 5.42. The fraction of sp³-hybridized carbons (Fsp3) is 0.625. The number of nitrogens with one attached hydrogen (secondary N) is 1. The molecule has 0 aromatic heterocycles. The van der Waals surface area contributed by atoms with Crippen molar-refractivity contribution >= 4 is 5.69 Å². The van der Waals surface area contributed by atoms with E-state index >= 15 is 0 Å². The number of hydrogen-bond donors (Lipinski definition) is 1. The molecule has 0 heterocycles. The normalized spacial score (nSPS) is 11.0. The lowest BCUT2D eigenvalue weighted by Crippen LogP contribution is -2.27. The Labute approximate surface area is 118 Å². The molecule has 3 nitrogen and oxygen atoms in total. The Balaban J connectivity index is 2.52. The Morgan fingerprint density at radius 1 is 1.16 bits per heavy atom. The standard InChI is InChI=1S/C16H28N2O/c1-5-18(11-12-19-6-2)16-9-7-15(8-10-16)13-17-14(3)4/h7-10,14,17H,5-6,11-13H2,1-4H3. The van der Waals surface area contributed by atoms with Gasteiger partial charge in [-0.25, -0.2) is 0 Å². The highest BCUT2D eigenvalue weighted by atomic mass is 16.5. The van der Waals surface area contributed by atoms with Crippen LogP contribution in [0.5, 0.6) is 0 Å². The quantitative estimate of drug-likeness (QED) is 0.694. The van der Waals surface area contributed by atoms with E-state index in [1.165, 1.54) is 11.3 Å². The molecule has 1 N–H and O–H groups in total. The highest BCUT2D eigenvalue weighted by Gasteiger charge is 2.04. The van der Waals surface area contributed by atoms with E-state index in [-0.39, 0.29) is 0 Å². The molecule has 1 rings (SSSR count). The van der Waals surface area contributed by atoms with Gasteiger partial charge >= 0.3 is 0 Å². The molecule has 0 aliphatic heterocycles. The van der Waals surface area contributed by atoms with E-state index in [1.807, 2.05) is 6.92 Å². The van der Waals surface area contributed by atoms with Crippen LogP contribution in [0.4, 0.5) is 5.69 Å². The first kappa shape index (κ1) is 16.0. The van der Waals surface area contributed by atoms with Gasteiger partial charge in [0.05, 0.1) is 6.61 Å². The van der Waals surface area contributed by atoms with Crippen LogP contribution in [-0.2, 0) is 11.3 Å². The molecular weight excluding hydrogens is 236 g/mol. The van der Waals surface area contributed by atoms with E-state index in [4.69, 9.17) is 4.74 Å². The molecule has 108 valence electrons. The van der Waals surface area contributed by atoms with E-state index in [9.17, 15) is 0 Å². The van der Waals surface area contributed by atoms with Gasteiger partial charge in [-0.1, -0.05) is 26.0 Å². The third-order valence-electron chi connectivity index (χ3n) is 3.11. The van der Waals surface area contributed by atoms with Gasteiger partial charge < -0.3 is 15.0 Å². The summed E-state index contributed by atoms with van der Waals surface area (Å²) < 4.78 is 5.42. The summed E-state index contributed by atoms with van der Waals surface area (Å²) in [7, 11) is 0. The molecule has 3 heteroatoms. The summed E-state index contributed by atoms with van der Waals surface area (Å²) in [5, 5.41) is 3.43. The minimum Gasteiger partial charge on any atom is -0.380 e. The van der Waals surface area contributed by atoms with Gasteiger partial charge in [0, 0.05) is 38.0 Å². The van der Waals surface area contributed by atoms with Gasteiger partial charge in [0.2, 0.25) is 0 Å². The lowest BCUT2D eigenvalue weighted by atomic mass is 10.2. The van der Waals surface area contributed by atoms with Crippen molar-refractivity contribution in [1.29, 1.82) is 0 Å². The van der Waals surface area contributed by atoms with Crippen molar-refractivity contribution in [3.8, 4) is 0 Å². The van der Waals surface area contributed by atoms with Crippen LogP contribution in [0.15, 0.2) is 24.3 Å². The Kier molecular flexibility index (Phi) is 7.53. The van der Waals surface area contributed by atoms with Crippen LogP contribution in [0, 0.1) is 0 Å². The van der Waals surface area contributed by atoms with Gasteiger partial charge in [-0.3, -0.25) is 0 Å². The maximum Gasteiger partial charge on any atom is 0.0641 e. The highest BCUT2D eigenvalue weighted by Crippen LogP contribution is 2.15. The van der Waals surface area contributed by atoms with E-state index < -0.39 is 0 Å². The topological polar surface area (TPSA) is 24.5 Å². The molecule has 0 fully saturated rings. The predicted octanol–water partition coefficient (Wildman–Crippen LogP) is 3.05. The third-order valence-corrected chi connectivity index (χ3v) is 3.11. The summed E-state index contributed by atoms with van der Waals surface area (Å²) in [4.78, 5) is 2.34. The van der Waals surface area contributed by atoms with Gasteiger partial charge in [0.15, 0.2) is 0 Å². The molecule has 1 aromatic carbocycles. The lowest BCUT2D eigenvalue weighted by Gasteiger charge is -2.23. The Bertz CT molecular complexity index is 335. The zero-order valence-corrected chi connectivity index (χ0v) is 12.8. The molecular formula is C16H28N2O. The van der Waals surface area contributed by atoms with Gasteiger partial charge in [-0.2, -0.15) is 0 Å².